The highest BCUT2D eigenvalue weighted by atomic mass is 16.5. The standard InChI is InChI=1S/C11H18N2O3/c1-2-13(8-10-4-3-6-16-10)11(14)9-15-7-5-12/h3-4,6H,2,5,7-9,12H2,1H3. The third kappa shape index (κ3) is 4.04. The van der Waals surface area contributed by atoms with Crippen LogP contribution in [0.5, 0.6) is 0 Å². The maximum absolute atomic E-state index is 11.7. The summed E-state index contributed by atoms with van der Waals surface area (Å²) in [6.07, 6.45) is 1.60. The summed E-state index contributed by atoms with van der Waals surface area (Å²) < 4.78 is 10.3. The fourth-order valence-electron chi connectivity index (χ4n) is 1.30. The van der Waals surface area contributed by atoms with Crippen LogP contribution >= 0.6 is 0 Å². The number of carbonyl (C=O) groups excluding carboxylic acids is 1. The molecule has 0 unspecified atom stereocenters. The van der Waals surface area contributed by atoms with E-state index in [2.05, 4.69) is 0 Å². The second kappa shape index (κ2) is 7.03. The molecule has 2 N–H and O–H groups in total. The molecule has 5 nitrogen and oxygen atoms in total. The van der Waals surface area contributed by atoms with Crippen molar-refractivity contribution in [3.05, 3.63) is 24.2 Å². The molecule has 0 spiro atoms. The maximum atomic E-state index is 11.7. The van der Waals surface area contributed by atoms with Crippen molar-refractivity contribution in [3.8, 4) is 0 Å². The first-order valence-electron chi connectivity index (χ1n) is 5.36. The molecule has 5 heteroatoms. The van der Waals surface area contributed by atoms with Crippen LogP contribution in [0.3, 0.4) is 0 Å². The van der Waals surface area contributed by atoms with E-state index in [1.807, 2.05) is 13.0 Å². The summed E-state index contributed by atoms with van der Waals surface area (Å²) in [5, 5.41) is 0. The molecule has 1 aromatic rings. The fraction of sp³-hybridized carbons (Fsp3) is 0.545. The van der Waals surface area contributed by atoms with Crippen molar-refractivity contribution >= 4 is 5.91 Å². The molecule has 0 fully saturated rings. The monoisotopic (exact) mass is 226 g/mol. The highest BCUT2D eigenvalue weighted by molar-refractivity contribution is 5.77. The summed E-state index contributed by atoms with van der Waals surface area (Å²) in [4.78, 5) is 13.4. The summed E-state index contributed by atoms with van der Waals surface area (Å²) in [7, 11) is 0. The number of hydrogen-bond donors (Lipinski definition) is 1. The predicted octanol–water partition coefficient (Wildman–Crippen LogP) is 0.603. The number of ether oxygens (including phenoxy) is 1. The summed E-state index contributed by atoms with van der Waals surface area (Å²) >= 11 is 0. The Hall–Kier alpha value is -1.33. The smallest absolute Gasteiger partial charge is 0.248 e. The molecule has 0 saturated carbocycles. The summed E-state index contributed by atoms with van der Waals surface area (Å²) in [6, 6.07) is 3.65. The van der Waals surface area contributed by atoms with E-state index >= 15 is 0 Å². The molecule has 16 heavy (non-hydrogen) atoms. The van der Waals surface area contributed by atoms with E-state index in [1.165, 1.54) is 0 Å². The Bertz CT molecular complexity index is 298. The molecule has 1 heterocycles. The van der Waals surface area contributed by atoms with Gasteiger partial charge >= 0.3 is 0 Å². The number of rotatable bonds is 7. The molecule has 0 saturated heterocycles. The van der Waals surface area contributed by atoms with Gasteiger partial charge in [0.1, 0.15) is 12.4 Å². The largest absolute Gasteiger partial charge is 0.467 e. The Morgan fingerprint density at radius 1 is 1.62 bits per heavy atom. The molecule has 0 radical (unpaired) electrons. The number of hydrogen-bond acceptors (Lipinski definition) is 4. The molecule has 0 aliphatic heterocycles. The Kier molecular flexibility index (Phi) is 5.60. The van der Waals surface area contributed by atoms with Gasteiger partial charge in [0.05, 0.1) is 19.4 Å². The number of amides is 1. The first kappa shape index (κ1) is 12.7. The molecular formula is C11H18N2O3. The Balaban J connectivity index is 2.38. The summed E-state index contributed by atoms with van der Waals surface area (Å²) in [6.45, 7) is 3.94. The molecule has 1 rings (SSSR count). The van der Waals surface area contributed by atoms with Crippen LogP contribution in [0.15, 0.2) is 22.8 Å². The van der Waals surface area contributed by atoms with Crippen molar-refractivity contribution in [2.45, 2.75) is 13.5 Å². The van der Waals surface area contributed by atoms with E-state index in [0.717, 1.165) is 5.76 Å². The minimum absolute atomic E-state index is 0.0487. The van der Waals surface area contributed by atoms with E-state index in [9.17, 15) is 4.79 Å². The lowest BCUT2D eigenvalue weighted by Crippen LogP contribution is -2.33. The van der Waals surface area contributed by atoms with E-state index in [0.29, 0.717) is 26.2 Å². The van der Waals surface area contributed by atoms with Crippen molar-refractivity contribution in [2.24, 2.45) is 5.73 Å². The zero-order valence-corrected chi connectivity index (χ0v) is 9.52. The lowest BCUT2D eigenvalue weighted by atomic mass is 10.4. The number of furan rings is 1. The van der Waals surface area contributed by atoms with Crippen LogP contribution in [0.1, 0.15) is 12.7 Å². The highest BCUT2D eigenvalue weighted by Crippen LogP contribution is 2.05. The topological polar surface area (TPSA) is 68.7 Å². The molecule has 0 aliphatic rings. The van der Waals surface area contributed by atoms with Gasteiger partial charge in [0.25, 0.3) is 0 Å². The van der Waals surface area contributed by atoms with Gasteiger partial charge in [-0.1, -0.05) is 0 Å². The quantitative estimate of drug-likeness (QED) is 0.691. The van der Waals surface area contributed by atoms with Gasteiger partial charge in [0, 0.05) is 13.1 Å². The second-order valence-electron chi connectivity index (χ2n) is 3.33. The van der Waals surface area contributed by atoms with Gasteiger partial charge in [0.2, 0.25) is 5.91 Å². The van der Waals surface area contributed by atoms with Crippen LogP contribution in [0.25, 0.3) is 0 Å². The summed E-state index contributed by atoms with van der Waals surface area (Å²) in [5.74, 6) is 0.723. The highest BCUT2D eigenvalue weighted by Gasteiger charge is 2.13. The number of nitrogens with two attached hydrogens (primary N) is 1. The minimum Gasteiger partial charge on any atom is -0.467 e. The van der Waals surface area contributed by atoms with Gasteiger partial charge in [-0.2, -0.15) is 0 Å². The number of carbonyl (C=O) groups is 1. The lowest BCUT2D eigenvalue weighted by molar-refractivity contribution is -0.136. The SMILES string of the molecule is CCN(Cc1ccco1)C(=O)COCCN. The Morgan fingerprint density at radius 3 is 3.00 bits per heavy atom. The van der Waals surface area contributed by atoms with Gasteiger partial charge in [-0.05, 0) is 19.1 Å². The van der Waals surface area contributed by atoms with Crippen molar-refractivity contribution in [2.75, 3.05) is 26.3 Å². The van der Waals surface area contributed by atoms with E-state index in [-0.39, 0.29) is 12.5 Å². The van der Waals surface area contributed by atoms with Crippen molar-refractivity contribution in [3.63, 3.8) is 0 Å². The van der Waals surface area contributed by atoms with Crippen molar-refractivity contribution < 1.29 is 13.9 Å². The zero-order valence-electron chi connectivity index (χ0n) is 9.52. The van der Waals surface area contributed by atoms with Crippen LogP contribution in [0.2, 0.25) is 0 Å². The van der Waals surface area contributed by atoms with Crippen molar-refractivity contribution in [1.82, 2.24) is 4.90 Å². The Morgan fingerprint density at radius 2 is 2.44 bits per heavy atom. The average Bonchev–Trinajstić information content (AvgIpc) is 2.78. The van der Waals surface area contributed by atoms with Gasteiger partial charge in [-0.3, -0.25) is 4.79 Å². The molecule has 90 valence electrons. The molecule has 0 aromatic carbocycles. The third-order valence-electron chi connectivity index (χ3n) is 2.15. The van der Waals surface area contributed by atoms with Crippen LogP contribution in [0, 0.1) is 0 Å². The molecule has 0 bridgehead atoms. The maximum Gasteiger partial charge on any atom is 0.248 e. The molecular weight excluding hydrogens is 208 g/mol. The van der Waals surface area contributed by atoms with E-state index < -0.39 is 0 Å². The van der Waals surface area contributed by atoms with Crippen LogP contribution in [-0.4, -0.2) is 37.1 Å². The first-order valence-corrected chi connectivity index (χ1v) is 5.36. The fourth-order valence-corrected chi connectivity index (χ4v) is 1.30. The van der Waals surface area contributed by atoms with Gasteiger partial charge in [-0.15, -0.1) is 0 Å². The first-order chi connectivity index (χ1) is 7.77. The van der Waals surface area contributed by atoms with Crippen LogP contribution in [-0.2, 0) is 16.1 Å². The zero-order chi connectivity index (χ0) is 11.8. The van der Waals surface area contributed by atoms with E-state index in [1.54, 1.807) is 17.2 Å². The van der Waals surface area contributed by atoms with E-state index in [4.69, 9.17) is 14.9 Å². The number of nitrogens with zero attached hydrogens (tertiary/aromatic N) is 1. The second-order valence-corrected chi connectivity index (χ2v) is 3.33. The average molecular weight is 226 g/mol. The Labute approximate surface area is 95.2 Å². The molecule has 0 atom stereocenters. The molecule has 1 aromatic heterocycles. The van der Waals surface area contributed by atoms with Gasteiger partial charge in [-0.25, -0.2) is 0 Å². The molecule has 1 amide bonds. The molecule has 0 aliphatic carbocycles. The van der Waals surface area contributed by atoms with Crippen LogP contribution < -0.4 is 5.73 Å². The normalized spacial score (nSPS) is 10.4. The summed E-state index contributed by atoms with van der Waals surface area (Å²) in [5.41, 5.74) is 5.27. The third-order valence-corrected chi connectivity index (χ3v) is 2.15. The minimum atomic E-state index is -0.0487. The lowest BCUT2D eigenvalue weighted by Gasteiger charge is -2.19. The predicted molar refractivity (Wildman–Crippen MR) is 59.7 cm³/mol. The van der Waals surface area contributed by atoms with Gasteiger partial charge in [0.15, 0.2) is 0 Å². The van der Waals surface area contributed by atoms with Crippen LogP contribution in [0.4, 0.5) is 0 Å². The van der Waals surface area contributed by atoms with Crippen molar-refractivity contribution in [1.29, 1.82) is 0 Å². The van der Waals surface area contributed by atoms with Gasteiger partial charge < -0.3 is 19.8 Å². The number of likely N-dealkylation sites (N-methyl/N-ethyl adjacent to an activating group) is 1.